The molecule has 0 saturated carbocycles. The Morgan fingerprint density at radius 2 is 1.84 bits per heavy atom. The standard InChI is InChI=1S/C24H31BrN4O7S/c1-16(2)13-26-24(31)17(3)27(14-18-7-6-8-19(25)11-18)23(30)15-28(37(5,34)35)21-12-20(29(32)33)9-10-22(21)36-4/h6-12,16-17H,13-15H2,1-5H3,(H,26,31). The molecule has 2 rings (SSSR count). The molecule has 0 fully saturated rings. The molecule has 2 amide bonds. The summed E-state index contributed by atoms with van der Waals surface area (Å²) in [5, 5.41) is 14.1. The Morgan fingerprint density at radius 3 is 2.38 bits per heavy atom. The first-order valence-electron chi connectivity index (χ1n) is 11.4. The average molecular weight is 600 g/mol. The summed E-state index contributed by atoms with van der Waals surface area (Å²) in [6.45, 7) is 5.16. The van der Waals surface area contributed by atoms with Gasteiger partial charge in [0, 0.05) is 29.7 Å². The predicted octanol–water partition coefficient (Wildman–Crippen LogP) is 3.32. The second-order valence-corrected chi connectivity index (χ2v) is 11.7. The van der Waals surface area contributed by atoms with Gasteiger partial charge in [0.25, 0.3) is 5.69 Å². The van der Waals surface area contributed by atoms with Crippen LogP contribution < -0.4 is 14.4 Å². The van der Waals surface area contributed by atoms with Crippen LogP contribution in [-0.4, -0.2) is 62.6 Å². The van der Waals surface area contributed by atoms with Crippen molar-refractivity contribution >= 4 is 49.1 Å². The van der Waals surface area contributed by atoms with Crippen molar-refractivity contribution in [2.75, 3.05) is 30.8 Å². The zero-order valence-electron chi connectivity index (χ0n) is 21.3. The van der Waals surface area contributed by atoms with Crippen LogP contribution in [0, 0.1) is 16.0 Å². The predicted molar refractivity (Wildman–Crippen MR) is 144 cm³/mol. The van der Waals surface area contributed by atoms with Crippen LogP contribution in [0.25, 0.3) is 0 Å². The highest BCUT2D eigenvalue weighted by Gasteiger charge is 2.32. The first-order valence-corrected chi connectivity index (χ1v) is 14.0. The van der Waals surface area contributed by atoms with Crippen molar-refractivity contribution in [2.45, 2.75) is 33.4 Å². The molecule has 1 N–H and O–H groups in total. The number of carbonyl (C=O) groups excluding carboxylic acids is 2. The lowest BCUT2D eigenvalue weighted by atomic mass is 10.1. The van der Waals surface area contributed by atoms with E-state index >= 15 is 0 Å². The van der Waals surface area contributed by atoms with Gasteiger partial charge in [0.15, 0.2) is 0 Å². The van der Waals surface area contributed by atoms with Gasteiger partial charge in [0.1, 0.15) is 24.0 Å². The third kappa shape index (κ3) is 8.42. The number of nitro groups is 1. The third-order valence-electron chi connectivity index (χ3n) is 5.41. The summed E-state index contributed by atoms with van der Waals surface area (Å²) in [5.74, 6) is -0.848. The van der Waals surface area contributed by atoms with Gasteiger partial charge in [-0.1, -0.05) is 41.9 Å². The van der Waals surface area contributed by atoms with E-state index in [0.717, 1.165) is 21.1 Å². The lowest BCUT2D eigenvalue weighted by Crippen LogP contribution is -2.51. The Hall–Kier alpha value is -3.19. The Morgan fingerprint density at radius 1 is 1.16 bits per heavy atom. The van der Waals surface area contributed by atoms with Crippen molar-refractivity contribution in [3.63, 3.8) is 0 Å². The molecular weight excluding hydrogens is 568 g/mol. The summed E-state index contributed by atoms with van der Waals surface area (Å²) in [6.07, 6.45) is 0.885. The van der Waals surface area contributed by atoms with Crippen molar-refractivity contribution in [1.29, 1.82) is 0 Å². The van der Waals surface area contributed by atoms with Crippen LogP contribution in [-0.2, 0) is 26.2 Å². The number of benzene rings is 2. The molecule has 13 heteroatoms. The van der Waals surface area contributed by atoms with E-state index in [4.69, 9.17) is 4.74 Å². The van der Waals surface area contributed by atoms with Gasteiger partial charge in [-0.15, -0.1) is 0 Å². The summed E-state index contributed by atoms with van der Waals surface area (Å²) in [4.78, 5) is 38.4. The smallest absolute Gasteiger partial charge is 0.271 e. The van der Waals surface area contributed by atoms with Crippen LogP contribution in [0.15, 0.2) is 46.9 Å². The average Bonchev–Trinajstić information content (AvgIpc) is 2.82. The molecule has 0 spiro atoms. The maximum absolute atomic E-state index is 13.6. The van der Waals surface area contributed by atoms with Gasteiger partial charge in [-0.25, -0.2) is 8.42 Å². The molecule has 0 aromatic heterocycles. The molecule has 0 heterocycles. The van der Waals surface area contributed by atoms with E-state index in [1.165, 1.54) is 24.1 Å². The zero-order chi connectivity index (χ0) is 27.9. The van der Waals surface area contributed by atoms with Gasteiger partial charge >= 0.3 is 0 Å². The molecule has 2 aromatic rings. The Bertz CT molecular complexity index is 1250. The van der Waals surface area contributed by atoms with Crippen molar-refractivity contribution in [3.8, 4) is 5.75 Å². The molecule has 202 valence electrons. The number of nitrogens with zero attached hydrogens (tertiary/aromatic N) is 3. The number of carbonyl (C=O) groups is 2. The molecule has 0 radical (unpaired) electrons. The quantitative estimate of drug-likeness (QED) is 0.292. The minimum absolute atomic E-state index is 0.0260. The second-order valence-electron chi connectivity index (χ2n) is 8.85. The Balaban J connectivity index is 2.50. The van der Waals surface area contributed by atoms with E-state index in [-0.39, 0.29) is 29.6 Å². The van der Waals surface area contributed by atoms with Gasteiger partial charge in [-0.3, -0.25) is 24.0 Å². The highest BCUT2D eigenvalue weighted by atomic mass is 79.9. The second kappa shape index (κ2) is 12.9. The lowest BCUT2D eigenvalue weighted by Gasteiger charge is -2.32. The van der Waals surface area contributed by atoms with Crippen LogP contribution in [0.5, 0.6) is 5.75 Å². The highest BCUT2D eigenvalue weighted by molar-refractivity contribution is 9.10. The van der Waals surface area contributed by atoms with Gasteiger partial charge in [0.05, 0.1) is 18.3 Å². The molecule has 37 heavy (non-hydrogen) atoms. The monoisotopic (exact) mass is 598 g/mol. The van der Waals surface area contributed by atoms with Crippen molar-refractivity contribution < 1.29 is 27.7 Å². The van der Waals surface area contributed by atoms with E-state index in [1.54, 1.807) is 25.1 Å². The SMILES string of the molecule is COc1ccc([N+](=O)[O-])cc1N(CC(=O)N(Cc1cccc(Br)c1)C(C)C(=O)NCC(C)C)S(C)(=O)=O. The van der Waals surface area contributed by atoms with Crippen LogP contribution in [0.1, 0.15) is 26.3 Å². The number of ether oxygens (including phenoxy) is 1. The fourth-order valence-electron chi connectivity index (χ4n) is 3.45. The van der Waals surface area contributed by atoms with E-state index in [9.17, 15) is 28.1 Å². The maximum atomic E-state index is 13.6. The van der Waals surface area contributed by atoms with E-state index in [2.05, 4.69) is 21.2 Å². The third-order valence-corrected chi connectivity index (χ3v) is 7.03. The molecule has 11 nitrogen and oxygen atoms in total. The number of hydrogen-bond acceptors (Lipinski definition) is 7. The zero-order valence-corrected chi connectivity index (χ0v) is 23.7. The fourth-order valence-corrected chi connectivity index (χ4v) is 4.74. The van der Waals surface area contributed by atoms with E-state index in [1.807, 2.05) is 19.9 Å². The van der Waals surface area contributed by atoms with Crippen LogP contribution in [0.3, 0.4) is 0 Å². The minimum atomic E-state index is -4.09. The largest absolute Gasteiger partial charge is 0.495 e. The first kappa shape index (κ1) is 30.0. The molecule has 0 bridgehead atoms. The number of hydrogen-bond donors (Lipinski definition) is 1. The number of sulfonamides is 1. The van der Waals surface area contributed by atoms with Crippen LogP contribution in [0.2, 0.25) is 0 Å². The summed E-state index contributed by atoms with van der Waals surface area (Å²) in [5.41, 5.74) is 0.182. The number of nitro benzene ring substituents is 1. The van der Waals surface area contributed by atoms with Gasteiger partial charge in [0.2, 0.25) is 21.8 Å². The van der Waals surface area contributed by atoms with Gasteiger partial charge < -0.3 is 15.0 Å². The fraction of sp³-hybridized carbons (Fsp3) is 0.417. The normalized spacial score (nSPS) is 12.1. The first-order chi connectivity index (χ1) is 17.2. The van der Waals surface area contributed by atoms with Crippen molar-refractivity contribution in [1.82, 2.24) is 10.2 Å². The van der Waals surface area contributed by atoms with Gasteiger partial charge in [-0.2, -0.15) is 0 Å². The summed E-state index contributed by atoms with van der Waals surface area (Å²) >= 11 is 3.39. The molecule has 2 aromatic carbocycles. The summed E-state index contributed by atoms with van der Waals surface area (Å²) < 4.78 is 32.3. The Kier molecular flexibility index (Phi) is 10.4. The topological polar surface area (TPSA) is 139 Å². The van der Waals surface area contributed by atoms with Crippen molar-refractivity contribution in [3.05, 3.63) is 62.6 Å². The number of amides is 2. The molecule has 1 atom stereocenters. The number of nitrogens with one attached hydrogen (secondary N) is 1. The van der Waals surface area contributed by atoms with E-state index < -0.39 is 39.3 Å². The molecule has 0 saturated heterocycles. The van der Waals surface area contributed by atoms with E-state index in [0.29, 0.717) is 12.1 Å². The number of anilines is 1. The number of non-ortho nitro benzene ring substituents is 1. The van der Waals surface area contributed by atoms with Gasteiger partial charge in [-0.05, 0) is 36.6 Å². The molecule has 0 aliphatic heterocycles. The molecular formula is C24H31BrN4O7S. The molecule has 1 unspecified atom stereocenters. The number of methoxy groups -OCH3 is 1. The van der Waals surface area contributed by atoms with Crippen LogP contribution in [0.4, 0.5) is 11.4 Å². The summed E-state index contributed by atoms with van der Waals surface area (Å²) in [6, 6.07) is 9.70. The molecule has 0 aliphatic carbocycles. The van der Waals surface area contributed by atoms with Crippen LogP contribution >= 0.6 is 15.9 Å². The number of rotatable bonds is 12. The Labute approximate surface area is 225 Å². The maximum Gasteiger partial charge on any atom is 0.271 e. The van der Waals surface area contributed by atoms with Crippen molar-refractivity contribution in [2.24, 2.45) is 5.92 Å². The molecule has 0 aliphatic rings. The number of halogens is 1. The summed E-state index contributed by atoms with van der Waals surface area (Å²) in [7, 11) is -2.81. The highest BCUT2D eigenvalue weighted by Crippen LogP contribution is 2.34. The minimum Gasteiger partial charge on any atom is -0.495 e. The lowest BCUT2D eigenvalue weighted by molar-refractivity contribution is -0.384.